The zero-order chi connectivity index (χ0) is 14.1. The molecule has 1 aromatic rings. The molecule has 0 unspecified atom stereocenters. The van der Waals surface area contributed by atoms with Crippen molar-refractivity contribution in [3.05, 3.63) is 29.8 Å². The molecule has 0 bridgehead atoms. The van der Waals surface area contributed by atoms with Crippen LogP contribution in [0.2, 0.25) is 0 Å². The molecule has 114 valence electrons. The van der Waals surface area contributed by atoms with Crippen molar-refractivity contribution in [1.82, 2.24) is 10.2 Å². The van der Waals surface area contributed by atoms with E-state index >= 15 is 0 Å². The lowest BCUT2D eigenvalue weighted by Crippen LogP contribution is -2.32. The zero-order valence-corrected chi connectivity index (χ0v) is 13.3. The lowest BCUT2D eigenvalue weighted by atomic mass is 10.2. The molecule has 0 heterocycles. The second-order valence-corrected chi connectivity index (χ2v) is 4.56. The number of rotatable bonds is 8. The lowest BCUT2D eigenvalue weighted by Gasteiger charge is -2.17. The predicted molar refractivity (Wildman–Crippen MR) is 85.0 cm³/mol. The summed E-state index contributed by atoms with van der Waals surface area (Å²) in [6, 6.07) is 7.35. The molecule has 0 radical (unpaired) electrons. The molecule has 1 N–H and O–H groups in total. The highest BCUT2D eigenvalue weighted by atomic mass is 35.5. The van der Waals surface area contributed by atoms with Crippen LogP contribution in [0.3, 0.4) is 0 Å². The van der Waals surface area contributed by atoms with Gasteiger partial charge in [-0.3, -0.25) is 4.79 Å². The van der Waals surface area contributed by atoms with Crippen LogP contribution in [0.25, 0.3) is 0 Å². The topological polar surface area (TPSA) is 41.6 Å². The zero-order valence-electron chi connectivity index (χ0n) is 12.5. The number of likely N-dealkylation sites (N-methyl/N-ethyl adjacent to an activating group) is 2. The first-order valence-corrected chi connectivity index (χ1v) is 6.82. The van der Waals surface area contributed by atoms with Gasteiger partial charge in [0, 0.05) is 25.7 Å². The maximum absolute atomic E-state index is 12.1. The van der Waals surface area contributed by atoms with Crippen LogP contribution in [0.5, 0.6) is 5.75 Å². The van der Waals surface area contributed by atoms with Gasteiger partial charge in [0.15, 0.2) is 0 Å². The molecule has 0 aliphatic rings. The highest BCUT2D eigenvalue weighted by molar-refractivity contribution is 5.94. The summed E-state index contributed by atoms with van der Waals surface area (Å²) in [5.41, 5.74) is 0.696. The maximum Gasteiger partial charge on any atom is 0.253 e. The third kappa shape index (κ3) is 6.26. The van der Waals surface area contributed by atoms with E-state index in [9.17, 15) is 4.79 Å². The largest absolute Gasteiger partial charge is 0.494 e. The van der Waals surface area contributed by atoms with Crippen LogP contribution < -0.4 is 10.1 Å². The van der Waals surface area contributed by atoms with E-state index in [1.54, 1.807) is 4.90 Å². The van der Waals surface area contributed by atoms with Gasteiger partial charge < -0.3 is 15.0 Å². The number of unbranched alkanes of at least 4 members (excludes halogenated alkanes) is 1. The molecule has 5 heteroatoms. The molecule has 0 aromatic heterocycles. The normalized spacial score (nSPS) is 9.75. The fourth-order valence-electron chi connectivity index (χ4n) is 1.63. The Hall–Kier alpha value is -1.26. The first-order valence-electron chi connectivity index (χ1n) is 6.82. The van der Waals surface area contributed by atoms with E-state index in [1.165, 1.54) is 0 Å². The van der Waals surface area contributed by atoms with Crippen molar-refractivity contribution in [2.45, 2.75) is 19.8 Å². The number of hydrogen-bond acceptors (Lipinski definition) is 3. The maximum atomic E-state index is 12.1. The molecule has 1 amide bonds. The quantitative estimate of drug-likeness (QED) is 0.750. The van der Waals surface area contributed by atoms with Crippen molar-refractivity contribution in [2.75, 3.05) is 33.8 Å². The summed E-state index contributed by atoms with van der Waals surface area (Å²) in [4.78, 5) is 13.8. The minimum absolute atomic E-state index is 0. The van der Waals surface area contributed by atoms with E-state index in [0.717, 1.165) is 31.7 Å². The second kappa shape index (κ2) is 10.5. The Morgan fingerprint density at radius 3 is 2.50 bits per heavy atom. The van der Waals surface area contributed by atoms with E-state index in [0.29, 0.717) is 12.1 Å². The first-order chi connectivity index (χ1) is 9.19. The van der Waals surface area contributed by atoms with Gasteiger partial charge in [-0.25, -0.2) is 0 Å². The van der Waals surface area contributed by atoms with E-state index < -0.39 is 0 Å². The molecular weight excluding hydrogens is 276 g/mol. The van der Waals surface area contributed by atoms with Gasteiger partial charge in [-0.15, -0.1) is 12.4 Å². The molecule has 0 saturated heterocycles. The summed E-state index contributed by atoms with van der Waals surface area (Å²) in [5, 5.41) is 3.03. The Labute approximate surface area is 127 Å². The summed E-state index contributed by atoms with van der Waals surface area (Å²) in [5.74, 6) is 0.859. The Bertz CT molecular complexity index is 382. The smallest absolute Gasteiger partial charge is 0.253 e. The molecule has 1 rings (SSSR count). The summed E-state index contributed by atoms with van der Waals surface area (Å²) in [6.07, 6.45) is 2.17. The number of hydrogen-bond donors (Lipinski definition) is 1. The van der Waals surface area contributed by atoms with Crippen LogP contribution in [0, 0.1) is 0 Å². The monoisotopic (exact) mass is 300 g/mol. The summed E-state index contributed by atoms with van der Waals surface area (Å²) in [6.45, 7) is 4.35. The SMILES string of the molecule is CCCCOc1ccc(C(=O)N(C)CCNC)cc1.Cl. The van der Waals surface area contributed by atoms with Crippen molar-refractivity contribution < 1.29 is 9.53 Å². The first kappa shape index (κ1) is 18.7. The van der Waals surface area contributed by atoms with Gasteiger partial charge in [0.05, 0.1) is 6.61 Å². The number of nitrogens with one attached hydrogen (secondary N) is 1. The summed E-state index contributed by atoms with van der Waals surface area (Å²) >= 11 is 0. The van der Waals surface area contributed by atoms with Crippen LogP contribution in [0.4, 0.5) is 0 Å². The van der Waals surface area contributed by atoms with Gasteiger partial charge in [0.2, 0.25) is 0 Å². The summed E-state index contributed by atoms with van der Waals surface area (Å²) < 4.78 is 5.57. The van der Waals surface area contributed by atoms with Crippen LogP contribution in [-0.4, -0.2) is 44.6 Å². The number of benzene rings is 1. The van der Waals surface area contributed by atoms with E-state index in [-0.39, 0.29) is 18.3 Å². The van der Waals surface area contributed by atoms with Gasteiger partial charge in [0.1, 0.15) is 5.75 Å². The van der Waals surface area contributed by atoms with Crippen molar-refractivity contribution in [1.29, 1.82) is 0 Å². The molecule has 0 aliphatic heterocycles. The average Bonchev–Trinajstić information content (AvgIpc) is 2.45. The van der Waals surface area contributed by atoms with Crippen molar-refractivity contribution in [3.8, 4) is 5.75 Å². The predicted octanol–water partition coefficient (Wildman–Crippen LogP) is 2.58. The van der Waals surface area contributed by atoms with Crippen LogP contribution in [0.15, 0.2) is 24.3 Å². The molecule has 20 heavy (non-hydrogen) atoms. The fourth-order valence-corrected chi connectivity index (χ4v) is 1.63. The number of nitrogens with zero attached hydrogens (tertiary/aromatic N) is 1. The van der Waals surface area contributed by atoms with Crippen LogP contribution in [0.1, 0.15) is 30.1 Å². The molecule has 4 nitrogen and oxygen atoms in total. The van der Waals surface area contributed by atoms with E-state index in [4.69, 9.17) is 4.74 Å². The molecule has 0 saturated carbocycles. The van der Waals surface area contributed by atoms with Crippen molar-refractivity contribution >= 4 is 18.3 Å². The van der Waals surface area contributed by atoms with E-state index in [1.807, 2.05) is 38.4 Å². The third-order valence-electron chi connectivity index (χ3n) is 2.91. The van der Waals surface area contributed by atoms with Crippen molar-refractivity contribution in [2.24, 2.45) is 0 Å². The molecule has 1 aromatic carbocycles. The van der Waals surface area contributed by atoms with Gasteiger partial charge in [0.25, 0.3) is 5.91 Å². The number of amides is 1. The Morgan fingerprint density at radius 1 is 1.30 bits per heavy atom. The minimum atomic E-state index is 0. The number of ether oxygens (including phenoxy) is 1. The molecular formula is C15H25ClN2O2. The van der Waals surface area contributed by atoms with Crippen LogP contribution >= 0.6 is 12.4 Å². The number of carbonyl (C=O) groups is 1. The van der Waals surface area contributed by atoms with Gasteiger partial charge in [-0.2, -0.15) is 0 Å². The van der Waals surface area contributed by atoms with Gasteiger partial charge in [-0.1, -0.05) is 13.3 Å². The third-order valence-corrected chi connectivity index (χ3v) is 2.91. The van der Waals surface area contributed by atoms with E-state index in [2.05, 4.69) is 12.2 Å². The van der Waals surface area contributed by atoms with Crippen LogP contribution in [-0.2, 0) is 0 Å². The van der Waals surface area contributed by atoms with Crippen molar-refractivity contribution in [3.63, 3.8) is 0 Å². The van der Waals surface area contributed by atoms with Gasteiger partial charge in [-0.05, 0) is 37.7 Å². The second-order valence-electron chi connectivity index (χ2n) is 4.56. The molecule has 0 fully saturated rings. The molecule has 0 aliphatic carbocycles. The number of carbonyl (C=O) groups excluding carboxylic acids is 1. The summed E-state index contributed by atoms with van der Waals surface area (Å²) in [7, 11) is 3.69. The number of halogens is 1. The van der Waals surface area contributed by atoms with Gasteiger partial charge >= 0.3 is 0 Å². The fraction of sp³-hybridized carbons (Fsp3) is 0.533. The molecule has 0 spiro atoms. The highest BCUT2D eigenvalue weighted by Crippen LogP contribution is 2.13. The standard InChI is InChI=1S/C15H24N2O2.ClH/c1-4-5-12-19-14-8-6-13(7-9-14)15(18)17(3)11-10-16-2;/h6-9,16H,4-5,10-12H2,1-3H3;1H. The highest BCUT2D eigenvalue weighted by Gasteiger charge is 2.10. The Kier molecular flexibility index (Phi) is 9.86. The lowest BCUT2D eigenvalue weighted by molar-refractivity contribution is 0.0797. The minimum Gasteiger partial charge on any atom is -0.494 e. The average molecular weight is 301 g/mol. The Balaban J connectivity index is 0.00000361. The Morgan fingerprint density at radius 2 is 1.95 bits per heavy atom. The molecule has 0 atom stereocenters.